The van der Waals surface area contributed by atoms with Crippen LogP contribution in [0.25, 0.3) is 11.4 Å². The van der Waals surface area contributed by atoms with Crippen molar-refractivity contribution in [2.75, 3.05) is 0 Å². The van der Waals surface area contributed by atoms with Crippen molar-refractivity contribution in [1.82, 2.24) is 9.97 Å². The van der Waals surface area contributed by atoms with Gasteiger partial charge in [-0.3, -0.25) is 0 Å². The molecule has 0 amide bonds. The molecule has 3 nitrogen and oxygen atoms in total. The van der Waals surface area contributed by atoms with Crippen LogP contribution in [0.5, 0.6) is 0 Å². The van der Waals surface area contributed by atoms with Gasteiger partial charge in [0.2, 0.25) is 0 Å². The number of rotatable bonds is 2. The van der Waals surface area contributed by atoms with Crippen molar-refractivity contribution >= 4 is 23.2 Å². The van der Waals surface area contributed by atoms with Gasteiger partial charge in [-0.15, -0.1) is 0 Å². The molecule has 17 heavy (non-hydrogen) atoms. The minimum absolute atomic E-state index is 0.302. The average Bonchev–Trinajstić information content (AvgIpc) is 2.29. The predicted octanol–water partition coefficient (Wildman–Crippen LogP) is 3.52. The number of halogens is 2. The second-order valence-corrected chi connectivity index (χ2v) is 4.28. The third-order valence-electron chi connectivity index (χ3n) is 2.11. The smallest absolute Gasteiger partial charge is 0.159 e. The van der Waals surface area contributed by atoms with Gasteiger partial charge in [-0.1, -0.05) is 23.2 Å². The summed E-state index contributed by atoms with van der Waals surface area (Å²) in [6.07, 6.45) is 3.55. The van der Waals surface area contributed by atoms with Gasteiger partial charge in [-0.2, -0.15) is 5.26 Å². The first-order chi connectivity index (χ1) is 8.19. The topological polar surface area (TPSA) is 49.6 Å². The summed E-state index contributed by atoms with van der Waals surface area (Å²) < 4.78 is 0. The zero-order chi connectivity index (χ0) is 12.3. The van der Waals surface area contributed by atoms with Crippen LogP contribution >= 0.6 is 23.2 Å². The van der Waals surface area contributed by atoms with Crippen LogP contribution in [-0.4, -0.2) is 9.97 Å². The fraction of sp³-hybridized carbons (Fsp3) is 0.0833. The number of hydrogen-bond acceptors (Lipinski definition) is 3. The van der Waals surface area contributed by atoms with E-state index in [1.54, 1.807) is 30.6 Å². The normalized spacial score (nSPS) is 9.94. The Kier molecular flexibility index (Phi) is 3.58. The number of aromatic nitrogens is 2. The van der Waals surface area contributed by atoms with E-state index in [1.807, 2.05) is 6.07 Å². The molecule has 0 unspecified atom stereocenters. The molecule has 0 bridgehead atoms. The van der Waals surface area contributed by atoms with Crippen LogP contribution in [0.15, 0.2) is 30.6 Å². The van der Waals surface area contributed by atoms with Gasteiger partial charge in [0.1, 0.15) is 0 Å². The van der Waals surface area contributed by atoms with E-state index in [4.69, 9.17) is 28.5 Å². The van der Waals surface area contributed by atoms with Crippen molar-refractivity contribution in [3.05, 3.63) is 46.2 Å². The lowest BCUT2D eigenvalue weighted by Crippen LogP contribution is -1.91. The highest BCUT2D eigenvalue weighted by Gasteiger charge is 2.04. The van der Waals surface area contributed by atoms with Crippen LogP contribution in [-0.2, 0) is 6.42 Å². The Hall–Kier alpha value is -1.63. The highest BCUT2D eigenvalue weighted by Crippen LogP contribution is 2.24. The molecule has 0 aliphatic rings. The molecule has 0 spiro atoms. The van der Waals surface area contributed by atoms with Gasteiger partial charge in [0.05, 0.1) is 12.5 Å². The molecular formula is C12H7Cl2N3. The van der Waals surface area contributed by atoms with Gasteiger partial charge in [-0.05, 0) is 18.2 Å². The summed E-state index contributed by atoms with van der Waals surface area (Å²) in [6, 6.07) is 7.17. The minimum Gasteiger partial charge on any atom is -0.236 e. The molecule has 2 aromatic rings. The summed E-state index contributed by atoms with van der Waals surface area (Å²) in [5.41, 5.74) is 1.54. The first kappa shape index (κ1) is 11.8. The highest BCUT2D eigenvalue weighted by molar-refractivity contribution is 6.35. The molecule has 1 aromatic heterocycles. The van der Waals surface area contributed by atoms with Crippen molar-refractivity contribution < 1.29 is 0 Å². The Labute approximate surface area is 109 Å². The Morgan fingerprint density at radius 2 is 1.65 bits per heavy atom. The zero-order valence-corrected chi connectivity index (χ0v) is 10.2. The van der Waals surface area contributed by atoms with E-state index in [0.29, 0.717) is 22.3 Å². The summed E-state index contributed by atoms with van der Waals surface area (Å²) >= 11 is 11.8. The zero-order valence-electron chi connectivity index (χ0n) is 8.69. The van der Waals surface area contributed by atoms with E-state index in [-0.39, 0.29) is 0 Å². The minimum atomic E-state index is 0.302. The maximum atomic E-state index is 8.54. The quantitative estimate of drug-likeness (QED) is 0.833. The van der Waals surface area contributed by atoms with E-state index in [1.165, 1.54) is 0 Å². The third-order valence-corrected chi connectivity index (χ3v) is 2.55. The average molecular weight is 264 g/mol. The van der Waals surface area contributed by atoms with Gasteiger partial charge in [0, 0.05) is 33.6 Å². The van der Waals surface area contributed by atoms with Crippen molar-refractivity contribution in [1.29, 1.82) is 5.26 Å². The van der Waals surface area contributed by atoms with Gasteiger partial charge in [0.25, 0.3) is 0 Å². The first-order valence-electron chi connectivity index (χ1n) is 4.83. The molecule has 0 radical (unpaired) electrons. The Morgan fingerprint density at radius 1 is 1.06 bits per heavy atom. The molecular weight excluding hydrogens is 257 g/mol. The standard InChI is InChI=1S/C12H7Cl2N3/c13-10-3-9(4-11(14)5-10)12-16-6-8(1-2-15)7-17-12/h3-7H,1H2. The van der Waals surface area contributed by atoms with Crippen LogP contribution < -0.4 is 0 Å². The maximum absolute atomic E-state index is 8.54. The molecule has 0 aliphatic heterocycles. The first-order valence-corrected chi connectivity index (χ1v) is 5.59. The molecule has 0 atom stereocenters. The third kappa shape index (κ3) is 2.94. The van der Waals surface area contributed by atoms with Crippen LogP contribution in [0.4, 0.5) is 0 Å². The lowest BCUT2D eigenvalue weighted by Gasteiger charge is -2.02. The van der Waals surface area contributed by atoms with E-state index in [2.05, 4.69) is 9.97 Å². The molecule has 2 rings (SSSR count). The van der Waals surface area contributed by atoms with Crippen molar-refractivity contribution in [3.63, 3.8) is 0 Å². The SMILES string of the molecule is N#CCc1cnc(-c2cc(Cl)cc(Cl)c2)nc1. The number of hydrogen-bond donors (Lipinski definition) is 0. The Morgan fingerprint density at radius 3 is 2.18 bits per heavy atom. The van der Waals surface area contributed by atoms with Gasteiger partial charge < -0.3 is 0 Å². The molecule has 0 aliphatic carbocycles. The fourth-order valence-corrected chi connectivity index (χ4v) is 1.90. The summed E-state index contributed by atoms with van der Waals surface area (Å²) in [7, 11) is 0. The van der Waals surface area contributed by atoms with Gasteiger partial charge >= 0.3 is 0 Å². The van der Waals surface area contributed by atoms with Gasteiger partial charge in [0.15, 0.2) is 5.82 Å². The Bertz CT molecular complexity index is 553. The van der Waals surface area contributed by atoms with Gasteiger partial charge in [-0.25, -0.2) is 9.97 Å². The summed E-state index contributed by atoms with van der Waals surface area (Å²) in [5, 5.41) is 9.62. The maximum Gasteiger partial charge on any atom is 0.159 e. The largest absolute Gasteiger partial charge is 0.236 e. The van der Waals surface area contributed by atoms with E-state index in [9.17, 15) is 0 Å². The number of benzene rings is 1. The fourth-order valence-electron chi connectivity index (χ4n) is 1.37. The monoisotopic (exact) mass is 263 g/mol. The Balaban J connectivity index is 2.36. The summed E-state index contributed by atoms with van der Waals surface area (Å²) in [5.74, 6) is 0.538. The summed E-state index contributed by atoms with van der Waals surface area (Å²) in [6.45, 7) is 0. The molecule has 1 heterocycles. The molecule has 5 heteroatoms. The molecule has 1 aromatic carbocycles. The summed E-state index contributed by atoms with van der Waals surface area (Å²) in [4.78, 5) is 8.34. The van der Waals surface area contributed by atoms with E-state index in [0.717, 1.165) is 11.1 Å². The number of nitriles is 1. The molecule has 0 fully saturated rings. The lowest BCUT2D eigenvalue weighted by molar-refractivity contribution is 1.10. The van der Waals surface area contributed by atoms with Crippen LogP contribution in [0.3, 0.4) is 0 Å². The lowest BCUT2D eigenvalue weighted by atomic mass is 10.2. The van der Waals surface area contributed by atoms with Crippen LogP contribution in [0, 0.1) is 11.3 Å². The molecule has 84 valence electrons. The van der Waals surface area contributed by atoms with Crippen molar-refractivity contribution in [2.45, 2.75) is 6.42 Å². The molecule has 0 N–H and O–H groups in total. The van der Waals surface area contributed by atoms with Crippen molar-refractivity contribution in [3.8, 4) is 17.5 Å². The van der Waals surface area contributed by atoms with Crippen molar-refractivity contribution in [2.24, 2.45) is 0 Å². The second-order valence-electron chi connectivity index (χ2n) is 3.41. The molecule has 0 saturated carbocycles. The van der Waals surface area contributed by atoms with Crippen LogP contribution in [0.1, 0.15) is 5.56 Å². The molecule has 0 saturated heterocycles. The second kappa shape index (κ2) is 5.13. The predicted molar refractivity (Wildman–Crippen MR) is 66.8 cm³/mol. The van der Waals surface area contributed by atoms with E-state index < -0.39 is 0 Å². The highest BCUT2D eigenvalue weighted by atomic mass is 35.5. The van der Waals surface area contributed by atoms with E-state index >= 15 is 0 Å². The van der Waals surface area contributed by atoms with Crippen LogP contribution in [0.2, 0.25) is 10.0 Å². The number of nitrogens with zero attached hydrogens (tertiary/aromatic N) is 3.